The van der Waals surface area contributed by atoms with E-state index < -0.39 is 0 Å². The Hall–Kier alpha value is -4.45. The van der Waals surface area contributed by atoms with Gasteiger partial charge in [-0.15, -0.1) is 0 Å². The largest absolute Gasteiger partial charge is 0.277 e. The molecule has 2 unspecified atom stereocenters. The molecule has 3 nitrogen and oxygen atoms in total. The lowest BCUT2D eigenvalue weighted by Gasteiger charge is -2.33. The molecule has 228 valence electrons. The maximum atomic E-state index is 3.89. The fourth-order valence-electron chi connectivity index (χ4n) is 6.00. The van der Waals surface area contributed by atoms with Gasteiger partial charge in [0.15, 0.2) is 0 Å². The Bertz CT molecular complexity index is 1690. The molecule has 6 aromatic carbocycles. The Morgan fingerprint density at radius 2 is 0.609 bits per heavy atom. The molecule has 7 rings (SSSR count). The van der Waals surface area contributed by atoms with Crippen LogP contribution in [0.5, 0.6) is 0 Å². The predicted octanol–water partition coefficient (Wildman–Crippen LogP) is 10.6. The smallest absolute Gasteiger partial charge is 0.0953 e. The molecule has 4 heteroatoms. The first-order valence-electron chi connectivity index (χ1n) is 15.9. The van der Waals surface area contributed by atoms with Crippen molar-refractivity contribution >= 4 is 12.1 Å². The summed E-state index contributed by atoms with van der Waals surface area (Å²) in [6.45, 7) is 8.54. The van der Waals surface area contributed by atoms with Gasteiger partial charge in [-0.2, -0.15) is 0 Å². The Morgan fingerprint density at radius 3 is 0.870 bits per heavy atom. The van der Waals surface area contributed by atoms with Crippen molar-refractivity contribution in [3.8, 4) is 44.5 Å². The number of hydrogen-bond donors (Lipinski definition) is 3. The zero-order chi connectivity index (χ0) is 31.6. The monoisotopic (exact) mass is 617 g/mol. The fourth-order valence-corrected chi connectivity index (χ4v) is 6.71. The highest BCUT2D eigenvalue weighted by molar-refractivity contribution is 7.95. The summed E-state index contributed by atoms with van der Waals surface area (Å²) in [6, 6.07) is 49.1. The normalized spacial score (nSPS) is 16.3. The molecule has 0 aliphatic carbocycles. The van der Waals surface area contributed by atoms with Gasteiger partial charge in [0.1, 0.15) is 0 Å². The van der Waals surface area contributed by atoms with Crippen LogP contribution in [0.1, 0.15) is 45.7 Å². The summed E-state index contributed by atoms with van der Waals surface area (Å²) in [4.78, 5) is 0. The molecular formula is C42H39N3S. The van der Waals surface area contributed by atoms with Gasteiger partial charge in [-0.1, -0.05) is 119 Å². The van der Waals surface area contributed by atoms with E-state index in [0.29, 0.717) is 0 Å². The highest BCUT2D eigenvalue weighted by Gasteiger charge is 2.25. The molecule has 0 amide bonds. The van der Waals surface area contributed by atoms with Gasteiger partial charge in [-0.25, -0.2) is 9.44 Å². The molecule has 0 spiro atoms. The number of rotatable bonds is 6. The highest BCUT2D eigenvalue weighted by atomic mass is 32.2. The molecule has 1 fully saturated rings. The van der Waals surface area contributed by atoms with Crippen molar-refractivity contribution in [2.75, 3.05) is 0 Å². The Balaban J connectivity index is 1.27. The molecule has 0 aromatic heterocycles. The zero-order valence-electron chi connectivity index (χ0n) is 26.8. The van der Waals surface area contributed by atoms with Gasteiger partial charge in [0, 0.05) is 12.1 Å². The number of aryl methyl sites for hydroxylation is 4. The topological polar surface area (TPSA) is 36.1 Å². The third-order valence-corrected chi connectivity index (χ3v) is 9.51. The molecule has 6 aromatic rings. The van der Waals surface area contributed by atoms with Gasteiger partial charge >= 0.3 is 0 Å². The van der Waals surface area contributed by atoms with E-state index in [1.165, 1.54) is 77.9 Å². The SMILES string of the molecule is Cc1ccc(-c2cc(-c3ccc(C)cc3)cc(C3NSNC(c4cc(-c5ccc(C)cc5)cc(-c5ccc(C)cc5)c4)N3)c2)cc1. The fraction of sp³-hybridized carbons (Fsp3) is 0.143. The summed E-state index contributed by atoms with van der Waals surface area (Å²) in [7, 11) is 0. The van der Waals surface area contributed by atoms with Crippen molar-refractivity contribution in [2.24, 2.45) is 0 Å². The molecule has 1 heterocycles. The van der Waals surface area contributed by atoms with Crippen molar-refractivity contribution in [3.63, 3.8) is 0 Å². The molecular weight excluding hydrogens is 579 g/mol. The Kier molecular flexibility index (Phi) is 8.61. The molecule has 2 atom stereocenters. The zero-order valence-corrected chi connectivity index (χ0v) is 27.6. The van der Waals surface area contributed by atoms with E-state index in [1.807, 2.05) is 0 Å². The van der Waals surface area contributed by atoms with Gasteiger partial charge in [0.25, 0.3) is 0 Å². The van der Waals surface area contributed by atoms with Gasteiger partial charge in [0.05, 0.1) is 12.3 Å². The summed E-state index contributed by atoms with van der Waals surface area (Å²) in [6.07, 6.45) is -0.145. The number of nitrogens with one attached hydrogen (secondary N) is 3. The van der Waals surface area contributed by atoms with Crippen molar-refractivity contribution in [1.29, 1.82) is 0 Å². The number of hydrogen-bond acceptors (Lipinski definition) is 4. The first-order chi connectivity index (χ1) is 22.4. The van der Waals surface area contributed by atoms with Crippen molar-refractivity contribution in [3.05, 3.63) is 167 Å². The van der Waals surface area contributed by atoms with Crippen molar-refractivity contribution in [2.45, 2.75) is 40.0 Å². The second-order valence-electron chi connectivity index (χ2n) is 12.5. The van der Waals surface area contributed by atoms with Crippen molar-refractivity contribution < 1.29 is 0 Å². The Morgan fingerprint density at radius 1 is 0.348 bits per heavy atom. The van der Waals surface area contributed by atoms with E-state index in [9.17, 15) is 0 Å². The van der Waals surface area contributed by atoms with Gasteiger partial charge in [-0.05, 0) is 120 Å². The lowest BCUT2D eigenvalue weighted by Crippen LogP contribution is -2.45. The summed E-state index contributed by atoms with van der Waals surface area (Å²) in [5, 5.41) is 3.89. The van der Waals surface area contributed by atoms with Crippen LogP contribution in [-0.4, -0.2) is 0 Å². The molecule has 46 heavy (non-hydrogen) atoms. The van der Waals surface area contributed by atoms with Crippen LogP contribution in [0.2, 0.25) is 0 Å². The van der Waals surface area contributed by atoms with Crippen LogP contribution in [0, 0.1) is 27.7 Å². The van der Waals surface area contributed by atoms with Crippen LogP contribution >= 0.6 is 12.1 Å². The van der Waals surface area contributed by atoms with Crippen LogP contribution in [0.3, 0.4) is 0 Å². The molecule has 0 bridgehead atoms. The van der Waals surface area contributed by atoms with Crippen LogP contribution in [0.25, 0.3) is 44.5 Å². The lowest BCUT2D eigenvalue weighted by molar-refractivity contribution is 0.402. The maximum absolute atomic E-state index is 3.89. The molecule has 1 saturated heterocycles. The third-order valence-electron chi connectivity index (χ3n) is 8.80. The van der Waals surface area contributed by atoms with Crippen LogP contribution < -0.4 is 14.8 Å². The second kappa shape index (κ2) is 13.1. The van der Waals surface area contributed by atoms with E-state index in [-0.39, 0.29) is 12.3 Å². The van der Waals surface area contributed by atoms with Gasteiger partial charge in [-0.3, -0.25) is 5.32 Å². The maximum Gasteiger partial charge on any atom is 0.0953 e. The average molecular weight is 618 g/mol. The predicted molar refractivity (Wildman–Crippen MR) is 196 cm³/mol. The van der Waals surface area contributed by atoms with E-state index >= 15 is 0 Å². The molecule has 0 radical (unpaired) electrons. The van der Waals surface area contributed by atoms with Gasteiger partial charge in [0.2, 0.25) is 0 Å². The molecule has 1 aliphatic rings. The van der Waals surface area contributed by atoms with E-state index in [4.69, 9.17) is 0 Å². The minimum Gasteiger partial charge on any atom is -0.277 e. The minimum atomic E-state index is -0.0725. The summed E-state index contributed by atoms with van der Waals surface area (Å²) >= 11 is 1.55. The van der Waals surface area contributed by atoms with E-state index in [0.717, 1.165) is 0 Å². The van der Waals surface area contributed by atoms with Crippen LogP contribution in [-0.2, 0) is 0 Å². The lowest BCUT2D eigenvalue weighted by atomic mass is 9.93. The standard InChI is InChI=1S/C42H39N3S/c1-27-5-13-31(14-6-27)35-21-36(32-15-7-28(2)8-16-32)24-39(23-35)41-43-42(45-46-44-41)40-25-37(33-17-9-29(3)10-18-33)22-38(26-40)34-19-11-30(4)12-20-34/h5-26,41-45H,1-4H3. The molecule has 1 aliphatic heterocycles. The average Bonchev–Trinajstić information content (AvgIpc) is 3.09. The quantitative estimate of drug-likeness (QED) is 0.163. The molecule has 0 saturated carbocycles. The summed E-state index contributed by atoms with van der Waals surface area (Å²) < 4.78 is 7.22. The first kappa shape index (κ1) is 30.2. The minimum absolute atomic E-state index is 0.0725. The first-order valence-corrected chi connectivity index (χ1v) is 16.7. The molecule has 3 N–H and O–H groups in total. The van der Waals surface area contributed by atoms with Crippen LogP contribution in [0.15, 0.2) is 133 Å². The van der Waals surface area contributed by atoms with E-state index in [2.05, 4.69) is 176 Å². The summed E-state index contributed by atoms with van der Waals surface area (Å²) in [5.74, 6) is 0. The highest BCUT2D eigenvalue weighted by Crippen LogP contribution is 2.35. The number of benzene rings is 6. The second-order valence-corrected chi connectivity index (χ2v) is 13.2. The summed E-state index contributed by atoms with van der Waals surface area (Å²) in [5.41, 5.74) is 17.1. The van der Waals surface area contributed by atoms with Gasteiger partial charge < -0.3 is 0 Å². The van der Waals surface area contributed by atoms with Crippen LogP contribution in [0.4, 0.5) is 0 Å². The van der Waals surface area contributed by atoms with E-state index in [1.54, 1.807) is 12.1 Å². The Labute approximate surface area is 277 Å². The third kappa shape index (κ3) is 6.72. The van der Waals surface area contributed by atoms with Crippen molar-refractivity contribution in [1.82, 2.24) is 14.8 Å².